The number of ether oxygens (including phenoxy) is 1. The lowest BCUT2D eigenvalue weighted by Crippen LogP contribution is -2.37. The Bertz CT molecular complexity index is 157. The molecule has 2 heteroatoms. The molecule has 0 radical (unpaired) electrons. The van der Waals surface area contributed by atoms with Crippen LogP contribution in [0.1, 0.15) is 19.8 Å². The molecule has 1 aliphatic carbocycles. The van der Waals surface area contributed by atoms with Crippen molar-refractivity contribution < 1.29 is 4.74 Å². The van der Waals surface area contributed by atoms with Gasteiger partial charge in [0, 0.05) is 6.61 Å². The molecule has 1 aliphatic rings. The Morgan fingerprint density at radius 1 is 1.73 bits per heavy atom. The highest BCUT2D eigenvalue weighted by molar-refractivity contribution is 5.05. The van der Waals surface area contributed by atoms with Crippen LogP contribution >= 0.6 is 0 Å². The molecule has 0 aromatic carbocycles. The first kappa shape index (κ1) is 8.58. The average Bonchev–Trinajstić information content (AvgIpc) is 2.81. The van der Waals surface area contributed by atoms with E-state index in [-0.39, 0.29) is 12.1 Å². The van der Waals surface area contributed by atoms with Crippen molar-refractivity contribution in [2.45, 2.75) is 31.9 Å². The van der Waals surface area contributed by atoms with Gasteiger partial charge in [-0.3, -0.25) is 0 Å². The normalized spacial score (nSPS) is 22.3. The van der Waals surface area contributed by atoms with Gasteiger partial charge in [0.2, 0.25) is 0 Å². The fourth-order valence-corrected chi connectivity index (χ4v) is 1.25. The van der Waals surface area contributed by atoms with Crippen molar-refractivity contribution in [3.8, 4) is 12.3 Å². The van der Waals surface area contributed by atoms with E-state index >= 15 is 0 Å². The van der Waals surface area contributed by atoms with Crippen LogP contribution in [0.25, 0.3) is 0 Å². The summed E-state index contributed by atoms with van der Waals surface area (Å²) in [5.41, 5.74) is 5.68. The smallest absolute Gasteiger partial charge is 0.0930 e. The van der Waals surface area contributed by atoms with E-state index in [1.165, 1.54) is 12.8 Å². The Hall–Kier alpha value is -0.520. The first-order valence-corrected chi connectivity index (χ1v) is 4.13. The summed E-state index contributed by atoms with van der Waals surface area (Å²) < 4.78 is 5.45. The predicted octanol–water partition coefficient (Wildman–Crippen LogP) is 0.762. The minimum Gasteiger partial charge on any atom is -0.376 e. The molecule has 0 heterocycles. The molecular formula is C9H15NO. The Labute approximate surface area is 68.1 Å². The summed E-state index contributed by atoms with van der Waals surface area (Å²) in [6.45, 7) is 2.68. The van der Waals surface area contributed by atoms with E-state index in [4.69, 9.17) is 16.9 Å². The van der Waals surface area contributed by atoms with Gasteiger partial charge in [0.05, 0.1) is 12.1 Å². The Morgan fingerprint density at radius 3 is 2.73 bits per heavy atom. The Morgan fingerprint density at radius 2 is 2.36 bits per heavy atom. The van der Waals surface area contributed by atoms with Gasteiger partial charge < -0.3 is 10.5 Å². The molecule has 0 bridgehead atoms. The van der Waals surface area contributed by atoms with Crippen LogP contribution in [0.15, 0.2) is 0 Å². The monoisotopic (exact) mass is 153 g/mol. The summed E-state index contributed by atoms with van der Waals surface area (Å²) in [4.78, 5) is 0. The van der Waals surface area contributed by atoms with Crippen molar-refractivity contribution in [1.82, 2.24) is 0 Å². The van der Waals surface area contributed by atoms with E-state index in [1.807, 2.05) is 6.92 Å². The molecule has 0 amide bonds. The van der Waals surface area contributed by atoms with E-state index < -0.39 is 0 Å². The molecular weight excluding hydrogens is 138 g/mol. The highest BCUT2D eigenvalue weighted by Crippen LogP contribution is 2.35. The SMILES string of the molecule is C#CC(N)C(OCC)C1CC1. The van der Waals surface area contributed by atoms with Gasteiger partial charge in [0.15, 0.2) is 0 Å². The zero-order valence-electron chi connectivity index (χ0n) is 6.92. The average molecular weight is 153 g/mol. The van der Waals surface area contributed by atoms with Gasteiger partial charge in [0.25, 0.3) is 0 Å². The van der Waals surface area contributed by atoms with E-state index in [0.717, 1.165) is 0 Å². The van der Waals surface area contributed by atoms with Crippen LogP contribution in [0.5, 0.6) is 0 Å². The highest BCUT2D eigenvalue weighted by atomic mass is 16.5. The lowest BCUT2D eigenvalue weighted by atomic mass is 10.1. The van der Waals surface area contributed by atoms with Crippen LogP contribution < -0.4 is 5.73 Å². The van der Waals surface area contributed by atoms with Crippen LogP contribution in [0, 0.1) is 18.3 Å². The molecule has 62 valence electrons. The second kappa shape index (κ2) is 3.75. The molecule has 11 heavy (non-hydrogen) atoms. The maximum absolute atomic E-state index is 5.68. The van der Waals surface area contributed by atoms with Gasteiger partial charge in [-0.1, -0.05) is 5.92 Å². The zero-order valence-corrected chi connectivity index (χ0v) is 6.92. The predicted molar refractivity (Wildman–Crippen MR) is 44.9 cm³/mol. The van der Waals surface area contributed by atoms with Gasteiger partial charge in [-0.15, -0.1) is 6.42 Å². The van der Waals surface area contributed by atoms with Crippen LogP contribution in [0.4, 0.5) is 0 Å². The number of rotatable bonds is 4. The van der Waals surface area contributed by atoms with E-state index in [2.05, 4.69) is 5.92 Å². The van der Waals surface area contributed by atoms with Crippen molar-refractivity contribution in [2.75, 3.05) is 6.61 Å². The van der Waals surface area contributed by atoms with Crippen LogP contribution in [-0.4, -0.2) is 18.8 Å². The fraction of sp³-hybridized carbons (Fsp3) is 0.778. The Kier molecular flexibility index (Phi) is 2.92. The number of hydrogen-bond acceptors (Lipinski definition) is 2. The van der Waals surface area contributed by atoms with Crippen molar-refractivity contribution >= 4 is 0 Å². The third-order valence-electron chi connectivity index (χ3n) is 1.99. The molecule has 1 rings (SSSR count). The third kappa shape index (κ3) is 2.21. The quantitative estimate of drug-likeness (QED) is 0.605. The fourth-order valence-electron chi connectivity index (χ4n) is 1.25. The van der Waals surface area contributed by atoms with Crippen LogP contribution in [-0.2, 0) is 4.74 Å². The minimum absolute atomic E-state index is 0.102. The van der Waals surface area contributed by atoms with Crippen LogP contribution in [0.2, 0.25) is 0 Å². The van der Waals surface area contributed by atoms with Crippen molar-refractivity contribution in [1.29, 1.82) is 0 Å². The summed E-state index contributed by atoms with van der Waals surface area (Å²) in [6, 6.07) is -0.220. The molecule has 0 saturated heterocycles. The van der Waals surface area contributed by atoms with E-state index in [9.17, 15) is 0 Å². The molecule has 0 spiro atoms. The lowest BCUT2D eigenvalue weighted by molar-refractivity contribution is 0.0406. The molecule has 2 nitrogen and oxygen atoms in total. The van der Waals surface area contributed by atoms with Gasteiger partial charge in [-0.05, 0) is 25.7 Å². The van der Waals surface area contributed by atoms with Gasteiger partial charge in [-0.25, -0.2) is 0 Å². The molecule has 1 saturated carbocycles. The first-order chi connectivity index (χ1) is 5.29. The second-order valence-corrected chi connectivity index (χ2v) is 2.95. The summed E-state index contributed by atoms with van der Waals surface area (Å²) >= 11 is 0. The van der Waals surface area contributed by atoms with E-state index in [1.54, 1.807) is 0 Å². The summed E-state index contributed by atoms with van der Waals surface area (Å²) in [5, 5.41) is 0. The molecule has 0 aliphatic heterocycles. The standard InChI is InChI=1S/C9H15NO/c1-3-8(10)9(11-4-2)7-5-6-7/h1,7-9H,4-6,10H2,2H3. The maximum atomic E-state index is 5.68. The number of terminal acetylenes is 1. The second-order valence-electron chi connectivity index (χ2n) is 2.95. The third-order valence-corrected chi connectivity index (χ3v) is 1.99. The molecule has 2 N–H and O–H groups in total. The first-order valence-electron chi connectivity index (χ1n) is 4.13. The summed E-state index contributed by atoms with van der Waals surface area (Å²) in [5.74, 6) is 3.15. The van der Waals surface area contributed by atoms with Crippen molar-refractivity contribution in [3.05, 3.63) is 0 Å². The number of nitrogens with two attached hydrogens (primary N) is 1. The van der Waals surface area contributed by atoms with Crippen molar-refractivity contribution in [2.24, 2.45) is 11.7 Å². The highest BCUT2D eigenvalue weighted by Gasteiger charge is 2.34. The maximum Gasteiger partial charge on any atom is 0.0930 e. The molecule has 0 aromatic rings. The van der Waals surface area contributed by atoms with E-state index in [0.29, 0.717) is 12.5 Å². The molecule has 2 unspecified atom stereocenters. The minimum atomic E-state index is -0.220. The summed E-state index contributed by atoms with van der Waals surface area (Å²) in [7, 11) is 0. The van der Waals surface area contributed by atoms with Crippen molar-refractivity contribution in [3.63, 3.8) is 0 Å². The number of hydrogen-bond donors (Lipinski definition) is 1. The van der Waals surface area contributed by atoms with Gasteiger partial charge in [-0.2, -0.15) is 0 Å². The lowest BCUT2D eigenvalue weighted by Gasteiger charge is -2.18. The zero-order chi connectivity index (χ0) is 8.27. The Balaban J connectivity index is 2.38. The topological polar surface area (TPSA) is 35.2 Å². The molecule has 0 aromatic heterocycles. The largest absolute Gasteiger partial charge is 0.376 e. The van der Waals surface area contributed by atoms with Gasteiger partial charge >= 0.3 is 0 Å². The molecule has 2 atom stereocenters. The van der Waals surface area contributed by atoms with Crippen LogP contribution in [0.3, 0.4) is 0 Å². The van der Waals surface area contributed by atoms with Gasteiger partial charge in [0.1, 0.15) is 0 Å². The summed E-state index contributed by atoms with van der Waals surface area (Å²) in [6.07, 6.45) is 7.76. The molecule has 1 fully saturated rings.